The Morgan fingerprint density at radius 1 is 1.02 bits per heavy atom. The smallest absolute Gasteiger partial charge is 0.318 e. The Labute approximate surface area is 257 Å². The van der Waals surface area contributed by atoms with Gasteiger partial charge in [0.1, 0.15) is 11.8 Å². The monoisotopic (exact) mass is 602 g/mol. The van der Waals surface area contributed by atoms with Gasteiger partial charge in [-0.3, -0.25) is 4.79 Å². The first kappa shape index (κ1) is 30.3. The lowest BCUT2D eigenvalue weighted by Crippen LogP contribution is -2.56. The van der Waals surface area contributed by atoms with E-state index >= 15 is 0 Å². The molecule has 3 aromatic carbocycles. The van der Waals surface area contributed by atoms with Crippen LogP contribution in [0.25, 0.3) is 10.9 Å². The van der Waals surface area contributed by atoms with Crippen molar-refractivity contribution in [1.82, 2.24) is 20.1 Å². The van der Waals surface area contributed by atoms with E-state index in [0.29, 0.717) is 49.2 Å². The van der Waals surface area contributed by atoms with Gasteiger partial charge in [0, 0.05) is 66.5 Å². The molecule has 1 aromatic heterocycles. The van der Waals surface area contributed by atoms with E-state index in [0.717, 1.165) is 27.7 Å². The molecule has 0 unspecified atom stereocenters. The Morgan fingerprint density at radius 3 is 2.44 bits per heavy atom. The number of hydrogen-bond acceptors (Lipinski definition) is 5. The molecule has 0 aliphatic carbocycles. The van der Waals surface area contributed by atoms with Crippen LogP contribution in [0.3, 0.4) is 0 Å². The van der Waals surface area contributed by atoms with Gasteiger partial charge in [-0.05, 0) is 67.7 Å². The van der Waals surface area contributed by atoms with Gasteiger partial charge in [0.25, 0.3) is 0 Å². The van der Waals surface area contributed by atoms with Gasteiger partial charge in [-0.2, -0.15) is 0 Å². The van der Waals surface area contributed by atoms with Crippen LogP contribution >= 0.6 is 11.6 Å². The summed E-state index contributed by atoms with van der Waals surface area (Å²) in [5, 5.41) is 7.85. The van der Waals surface area contributed by atoms with Crippen molar-refractivity contribution in [3.63, 3.8) is 0 Å². The molecular formula is C33H39ClN6O3. The summed E-state index contributed by atoms with van der Waals surface area (Å²) in [4.78, 5) is 37.0. The summed E-state index contributed by atoms with van der Waals surface area (Å²) in [6.07, 6.45) is 1.92. The normalized spacial score (nSPS) is 14.9. The minimum absolute atomic E-state index is 0.268. The van der Waals surface area contributed by atoms with Crippen molar-refractivity contribution < 1.29 is 14.3 Å². The summed E-state index contributed by atoms with van der Waals surface area (Å²) in [5.41, 5.74) is 4.60. The number of nitrogens with one attached hydrogen (secondary N) is 3. The molecule has 9 nitrogen and oxygen atoms in total. The predicted molar refractivity (Wildman–Crippen MR) is 173 cm³/mol. The van der Waals surface area contributed by atoms with Crippen LogP contribution in [0.5, 0.6) is 5.75 Å². The van der Waals surface area contributed by atoms with Gasteiger partial charge in [0.15, 0.2) is 0 Å². The highest BCUT2D eigenvalue weighted by Gasteiger charge is 2.32. The Balaban J connectivity index is 1.37. The van der Waals surface area contributed by atoms with Crippen LogP contribution in [-0.2, 0) is 11.3 Å². The SMILES string of the molecule is COc1ccc(CN(C)C)cc1NC(=O)[C@H](NC(=O)N1CCN(c2ccc(Cl)cc2)CC1)[C@@H](C)c1c[nH]c2ccccc12. The quantitative estimate of drug-likeness (QED) is 0.234. The van der Waals surface area contributed by atoms with E-state index in [1.54, 1.807) is 12.0 Å². The molecule has 1 aliphatic heterocycles. The van der Waals surface area contributed by atoms with Crippen LogP contribution in [-0.4, -0.2) is 80.1 Å². The minimum atomic E-state index is -0.844. The molecule has 0 spiro atoms. The summed E-state index contributed by atoms with van der Waals surface area (Å²) in [6.45, 7) is 5.11. The molecule has 4 aromatic rings. The zero-order chi connectivity index (χ0) is 30.5. The molecule has 10 heteroatoms. The molecule has 3 N–H and O–H groups in total. The second kappa shape index (κ2) is 13.4. The van der Waals surface area contributed by atoms with Gasteiger partial charge in [0.2, 0.25) is 5.91 Å². The summed E-state index contributed by atoms with van der Waals surface area (Å²) >= 11 is 6.06. The van der Waals surface area contributed by atoms with Crippen molar-refractivity contribution in [2.75, 3.05) is 57.6 Å². The number of anilines is 2. The molecule has 3 amide bonds. The molecule has 0 radical (unpaired) electrons. The number of ether oxygens (including phenoxy) is 1. The first-order valence-electron chi connectivity index (χ1n) is 14.5. The summed E-state index contributed by atoms with van der Waals surface area (Å²) < 4.78 is 5.56. The maximum Gasteiger partial charge on any atom is 0.318 e. The van der Waals surface area contributed by atoms with Crippen molar-refractivity contribution in [1.29, 1.82) is 0 Å². The maximum absolute atomic E-state index is 14.0. The topological polar surface area (TPSA) is 92.9 Å². The van der Waals surface area contributed by atoms with Gasteiger partial charge in [-0.1, -0.05) is 42.8 Å². The highest BCUT2D eigenvalue weighted by Crippen LogP contribution is 2.31. The Bertz CT molecular complexity index is 1560. The number of methoxy groups -OCH3 is 1. The molecule has 5 rings (SSSR count). The van der Waals surface area contributed by atoms with Gasteiger partial charge in [0.05, 0.1) is 12.8 Å². The third-order valence-electron chi connectivity index (χ3n) is 7.95. The number of carbonyl (C=O) groups is 2. The second-order valence-corrected chi connectivity index (χ2v) is 11.7. The number of fused-ring (bicyclic) bond motifs is 1. The van der Waals surface area contributed by atoms with E-state index < -0.39 is 6.04 Å². The van der Waals surface area contributed by atoms with Crippen LogP contribution < -0.4 is 20.3 Å². The molecule has 1 fully saturated rings. The van der Waals surface area contributed by atoms with Crippen molar-refractivity contribution >= 4 is 45.8 Å². The number of aromatic amines is 1. The number of hydrogen-bond donors (Lipinski definition) is 3. The Hall–Kier alpha value is -4.21. The third-order valence-corrected chi connectivity index (χ3v) is 8.20. The van der Waals surface area contributed by atoms with E-state index in [1.807, 2.05) is 93.9 Å². The number of urea groups is 1. The molecule has 2 atom stereocenters. The van der Waals surface area contributed by atoms with Crippen molar-refractivity contribution in [2.45, 2.75) is 25.4 Å². The Kier molecular flexibility index (Phi) is 9.43. The highest BCUT2D eigenvalue weighted by molar-refractivity contribution is 6.30. The van der Waals surface area contributed by atoms with Crippen LogP contribution in [0, 0.1) is 0 Å². The average Bonchev–Trinajstić information content (AvgIpc) is 3.44. The van der Waals surface area contributed by atoms with Crippen molar-refractivity contribution in [3.8, 4) is 5.75 Å². The fourth-order valence-electron chi connectivity index (χ4n) is 5.64. The molecule has 226 valence electrons. The maximum atomic E-state index is 14.0. The van der Waals surface area contributed by atoms with Crippen LogP contribution in [0.2, 0.25) is 5.02 Å². The standard InChI is InChI=1S/C33H39ClN6O3/c1-22(27-20-35-28-8-6-5-7-26(27)28)31(32(41)36-29-19-23(21-38(2)3)9-14-30(29)43-4)37-33(42)40-17-15-39(16-18-40)25-12-10-24(34)11-13-25/h5-14,19-20,22,31,35H,15-18,21H2,1-4H3,(H,36,41)(H,37,42)/t22-,31+/m0/s1. The van der Waals surface area contributed by atoms with E-state index in [9.17, 15) is 9.59 Å². The number of nitrogens with zero attached hydrogens (tertiary/aromatic N) is 3. The van der Waals surface area contributed by atoms with E-state index in [-0.39, 0.29) is 17.9 Å². The second-order valence-electron chi connectivity index (χ2n) is 11.2. The van der Waals surface area contributed by atoms with Gasteiger partial charge < -0.3 is 35.1 Å². The molecule has 1 aliphatic rings. The lowest BCUT2D eigenvalue weighted by molar-refractivity contribution is -0.118. The number of piperazine rings is 1. The predicted octanol–water partition coefficient (Wildman–Crippen LogP) is 5.53. The number of H-pyrrole nitrogens is 1. The number of rotatable bonds is 9. The number of benzene rings is 3. The zero-order valence-corrected chi connectivity index (χ0v) is 25.8. The highest BCUT2D eigenvalue weighted by atomic mass is 35.5. The fraction of sp³-hybridized carbons (Fsp3) is 0.333. The molecule has 2 heterocycles. The number of halogens is 1. The lowest BCUT2D eigenvalue weighted by atomic mass is 9.92. The van der Waals surface area contributed by atoms with Crippen molar-refractivity contribution in [3.05, 3.63) is 89.1 Å². The molecule has 0 saturated carbocycles. The lowest BCUT2D eigenvalue weighted by Gasteiger charge is -2.37. The summed E-state index contributed by atoms with van der Waals surface area (Å²) in [5.74, 6) is -0.0864. The number of carbonyl (C=O) groups excluding carboxylic acids is 2. The number of aromatic nitrogens is 1. The van der Waals surface area contributed by atoms with E-state index in [2.05, 4.69) is 25.4 Å². The third kappa shape index (κ3) is 7.06. The molecular weight excluding hydrogens is 564 g/mol. The van der Waals surface area contributed by atoms with Gasteiger partial charge in [-0.25, -0.2) is 4.79 Å². The van der Waals surface area contributed by atoms with Crippen LogP contribution in [0.1, 0.15) is 24.0 Å². The summed E-state index contributed by atoms with van der Waals surface area (Å²) in [6, 6.07) is 20.3. The van der Waals surface area contributed by atoms with E-state index in [4.69, 9.17) is 16.3 Å². The molecule has 0 bridgehead atoms. The number of amides is 3. The first-order valence-corrected chi connectivity index (χ1v) is 14.9. The largest absolute Gasteiger partial charge is 0.495 e. The van der Waals surface area contributed by atoms with Gasteiger partial charge in [-0.15, -0.1) is 0 Å². The van der Waals surface area contributed by atoms with Crippen LogP contribution in [0.4, 0.5) is 16.2 Å². The minimum Gasteiger partial charge on any atom is -0.495 e. The molecule has 1 saturated heterocycles. The van der Waals surface area contributed by atoms with Crippen molar-refractivity contribution in [2.24, 2.45) is 0 Å². The number of para-hydroxylation sites is 1. The van der Waals surface area contributed by atoms with Gasteiger partial charge >= 0.3 is 6.03 Å². The summed E-state index contributed by atoms with van der Waals surface area (Å²) in [7, 11) is 5.56. The first-order chi connectivity index (χ1) is 20.7. The Morgan fingerprint density at radius 2 is 1.74 bits per heavy atom. The molecule has 43 heavy (non-hydrogen) atoms. The fourth-order valence-corrected chi connectivity index (χ4v) is 5.76. The van der Waals surface area contributed by atoms with E-state index in [1.165, 1.54) is 0 Å². The zero-order valence-electron chi connectivity index (χ0n) is 25.1. The van der Waals surface area contributed by atoms with Crippen LogP contribution in [0.15, 0.2) is 72.9 Å². The average molecular weight is 603 g/mol.